The molecule has 0 amide bonds. The Hall–Kier alpha value is -0.130. The summed E-state index contributed by atoms with van der Waals surface area (Å²) in [6.07, 6.45) is 2.13. The van der Waals surface area contributed by atoms with Crippen LogP contribution in [0.4, 0.5) is 0 Å². The molecule has 1 saturated heterocycles. The summed E-state index contributed by atoms with van der Waals surface area (Å²) in [4.78, 5) is 2.43. The Balaban J connectivity index is 2.34. The summed E-state index contributed by atoms with van der Waals surface area (Å²) in [5.41, 5.74) is 0. The van der Waals surface area contributed by atoms with E-state index in [-0.39, 0.29) is 6.04 Å². The fourth-order valence-electron chi connectivity index (χ4n) is 2.34. The van der Waals surface area contributed by atoms with Crippen LogP contribution >= 0.6 is 0 Å². The van der Waals surface area contributed by atoms with E-state index >= 15 is 0 Å². The van der Waals surface area contributed by atoms with Gasteiger partial charge in [-0.05, 0) is 25.4 Å². The van der Waals surface area contributed by atoms with Crippen molar-refractivity contribution < 1.29 is 8.42 Å². The van der Waals surface area contributed by atoms with E-state index in [9.17, 15) is 8.42 Å². The SMILES string of the molecule is CCC(C)CN(CC)CCC1CS(=O)(=O)CCN1. The topological polar surface area (TPSA) is 49.4 Å². The van der Waals surface area contributed by atoms with Crippen LogP contribution in [0.2, 0.25) is 0 Å². The first kappa shape index (κ1) is 15.9. The van der Waals surface area contributed by atoms with E-state index in [0.29, 0.717) is 24.0 Å². The summed E-state index contributed by atoms with van der Waals surface area (Å²) in [5.74, 6) is 1.33. The Bertz CT molecular complexity index is 330. The van der Waals surface area contributed by atoms with Gasteiger partial charge in [0.05, 0.1) is 11.5 Å². The maximum Gasteiger partial charge on any atom is 0.153 e. The lowest BCUT2D eigenvalue weighted by Crippen LogP contribution is -2.46. The van der Waals surface area contributed by atoms with Crippen LogP contribution in [0.15, 0.2) is 0 Å². The second kappa shape index (κ2) is 7.46. The average molecular weight is 276 g/mol. The van der Waals surface area contributed by atoms with E-state index in [1.165, 1.54) is 6.42 Å². The largest absolute Gasteiger partial charge is 0.312 e. The van der Waals surface area contributed by atoms with Crippen LogP contribution in [0, 0.1) is 5.92 Å². The minimum Gasteiger partial charge on any atom is -0.312 e. The van der Waals surface area contributed by atoms with Crippen molar-refractivity contribution in [1.82, 2.24) is 10.2 Å². The number of hydrogen-bond donors (Lipinski definition) is 1. The van der Waals surface area contributed by atoms with Crippen LogP contribution < -0.4 is 5.32 Å². The van der Waals surface area contributed by atoms with Crippen molar-refractivity contribution >= 4 is 9.84 Å². The Morgan fingerprint density at radius 2 is 2.11 bits per heavy atom. The van der Waals surface area contributed by atoms with E-state index < -0.39 is 9.84 Å². The van der Waals surface area contributed by atoms with Gasteiger partial charge in [-0.25, -0.2) is 8.42 Å². The molecule has 0 bridgehead atoms. The summed E-state index contributed by atoms with van der Waals surface area (Å²) < 4.78 is 23.1. The first-order chi connectivity index (χ1) is 8.46. The van der Waals surface area contributed by atoms with E-state index in [0.717, 1.165) is 26.1 Å². The van der Waals surface area contributed by atoms with Crippen molar-refractivity contribution in [1.29, 1.82) is 0 Å². The van der Waals surface area contributed by atoms with Crippen molar-refractivity contribution in [3.8, 4) is 0 Å². The molecule has 0 spiro atoms. The molecule has 0 aromatic carbocycles. The maximum absolute atomic E-state index is 11.5. The molecule has 2 unspecified atom stereocenters. The van der Waals surface area contributed by atoms with Gasteiger partial charge >= 0.3 is 0 Å². The summed E-state index contributed by atoms with van der Waals surface area (Å²) in [7, 11) is -2.80. The molecule has 1 aliphatic rings. The third-order valence-electron chi connectivity index (χ3n) is 3.81. The van der Waals surface area contributed by atoms with Gasteiger partial charge in [0.15, 0.2) is 9.84 Å². The van der Waals surface area contributed by atoms with E-state index in [4.69, 9.17) is 0 Å². The lowest BCUT2D eigenvalue weighted by atomic mass is 10.1. The summed E-state index contributed by atoms with van der Waals surface area (Å²) in [6.45, 7) is 10.4. The quantitative estimate of drug-likeness (QED) is 0.757. The predicted molar refractivity (Wildman–Crippen MR) is 76.6 cm³/mol. The lowest BCUT2D eigenvalue weighted by Gasteiger charge is -2.28. The highest BCUT2D eigenvalue weighted by atomic mass is 32.2. The van der Waals surface area contributed by atoms with Crippen LogP contribution in [0.5, 0.6) is 0 Å². The van der Waals surface area contributed by atoms with Gasteiger partial charge in [-0.15, -0.1) is 0 Å². The zero-order chi connectivity index (χ0) is 13.6. The molecule has 5 heteroatoms. The van der Waals surface area contributed by atoms with Gasteiger partial charge in [-0.2, -0.15) is 0 Å². The summed E-state index contributed by atoms with van der Waals surface area (Å²) >= 11 is 0. The molecule has 1 heterocycles. The number of sulfone groups is 1. The zero-order valence-corrected chi connectivity index (χ0v) is 12.8. The van der Waals surface area contributed by atoms with Crippen molar-refractivity contribution in [2.45, 2.75) is 39.7 Å². The Morgan fingerprint density at radius 3 is 2.67 bits per heavy atom. The summed E-state index contributed by atoms with van der Waals surface area (Å²) in [5, 5.41) is 3.32. The molecular formula is C13H28N2O2S. The van der Waals surface area contributed by atoms with Gasteiger partial charge < -0.3 is 10.2 Å². The van der Waals surface area contributed by atoms with Crippen LogP contribution in [-0.4, -0.2) is 57.0 Å². The molecule has 0 saturated carbocycles. The van der Waals surface area contributed by atoms with Crippen molar-refractivity contribution in [3.63, 3.8) is 0 Å². The van der Waals surface area contributed by atoms with Crippen LogP contribution in [-0.2, 0) is 9.84 Å². The molecule has 18 heavy (non-hydrogen) atoms. The Morgan fingerprint density at radius 1 is 1.39 bits per heavy atom. The normalized spacial score (nSPS) is 25.2. The molecular weight excluding hydrogens is 248 g/mol. The third kappa shape index (κ3) is 5.67. The number of nitrogens with one attached hydrogen (secondary N) is 1. The molecule has 0 aromatic heterocycles. The highest BCUT2D eigenvalue weighted by molar-refractivity contribution is 7.91. The highest BCUT2D eigenvalue weighted by Gasteiger charge is 2.24. The second-order valence-electron chi connectivity index (χ2n) is 5.46. The molecule has 108 valence electrons. The molecule has 0 aliphatic carbocycles. The molecule has 1 aliphatic heterocycles. The first-order valence-electron chi connectivity index (χ1n) is 7.13. The van der Waals surface area contributed by atoms with Gasteiger partial charge in [0.1, 0.15) is 0 Å². The maximum atomic E-state index is 11.5. The smallest absolute Gasteiger partial charge is 0.153 e. The van der Waals surface area contributed by atoms with Gasteiger partial charge in [0.2, 0.25) is 0 Å². The minimum absolute atomic E-state index is 0.148. The second-order valence-corrected chi connectivity index (χ2v) is 7.69. The van der Waals surface area contributed by atoms with Crippen molar-refractivity contribution in [3.05, 3.63) is 0 Å². The monoisotopic (exact) mass is 276 g/mol. The van der Waals surface area contributed by atoms with Gasteiger partial charge in [-0.1, -0.05) is 27.2 Å². The van der Waals surface area contributed by atoms with E-state index in [1.54, 1.807) is 0 Å². The van der Waals surface area contributed by atoms with Gasteiger partial charge in [0.25, 0.3) is 0 Å². The minimum atomic E-state index is -2.80. The summed E-state index contributed by atoms with van der Waals surface area (Å²) in [6, 6.07) is 0.148. The molecule has 0 aromatic rings. The highest BCUT2D eigenvalue weighted by Crippen LogP contribution is 2.08. The fourth-order valence-corrected chi connectivity index (χ4v) is 3.83. The number of hydrogen-bond acceptors (Lipinski definition) is 4. The van der Waals surface area contributed by atoms with Crippen molar-refractivity contribution in [2.75, 3.05) is 37.7 Å². The molecule has 1 fully saturated rings. The molecule has 1 N–H and O–H groups in total. The van der Waals surface area contributed by atoms with Crippen molar-refractivity contribution in [2.24, 2.45) is 5.92 Å². The average Bonchev–Trinajstić information content (AvgIpc) is 2.32. The molecule has 1 rings (SSSR count). The first-order valence-corrected chi connectivity index (χ1v) is 8.95. The molecule has 4 nitrogen and oxygen atoms in total. The van der Waals surface area contributed by atoms with E-state index in [1.807, 2.05) is 0 Å². The Labute approximate surface area is 112 Å². The molecule has 2 atom stereocenters. The van der Waals surface area contributed by atoms with Crippen LogP contribution in [0.25, 0.3) is 0 Å². The number of nitrogens with zero attached hydrogens (tertiary/aromatic N) is 1. The predicted octanol–water partition coefficient (Wildman–Crippen LogP) is 1.13. The fraction of sp³-hybridized carbons (Fsp3) is 1.00. The van der Waals surface area contributed by atoms with E-state index in [2.05, 4.69) is 31.0 Å². The van der Waals surface area contributed by atoms with Crippen LogP contribution in [0.1, 0.15) is 33.6 Å². The molecule has 0 radical (unpaired) electrons. The lowest BCUT2D eigenvalue weighted by molar-refractivity contribution is 0.234. The zero-order valence-electron chi connectivity index (χ0n) is 12.0. The van der Waals surface area contributed by atoms with Gasteiger partial charge in [0, 0.05) is 19.1 Å². The van der Waals surface area contributed by atoms with Crippen LogP contribution in [0.3, 0.4) is 0 Å². The Kier molecular flexibility index (Phi) is 6.60. The number of rotatable bonds is 7. The third-order valence-corrected chi connectivity index (χ3v) is 5.55. The van der Waals surface area contributed by atoms with Gasteiger partial charge in [-0.3, -0.25) is 0 Å². The standard InChI is InChI=1S/C13H28N2O2S/c1-4-12(3)10-15(5-2)8-6-13-11-18(16,17)9-7-14-13/h12-14H,4-11H2,1-3H3.